The second kappa shape index (κ2) is 6.61. The highest BCUT2D eigenvalue weighted by Crippen LogP contribution is 2.38. The Balaban J connectivity index is 1.98. The third-order valence-electron chi connectivity index (χ3n) is 4.42. The first-order chi connectivity index (χ1) is 12.5. The summed E-state index contributed by atoms with van der Waals surface area (Å²) in [5, 5.41) is 12.7. The fourth-order valence-corrected chi connectivity index (χ4v) is 3.32. The van der Waals surface area contributed by atoms with Crippen molar-refractivity contribution in [3.8, 4) is 0 Å². The van der Waals surface area contributed by atoms with E-state index in [9.17, 15) is 36.2 Å². The van der Waals surface area contributed by atoms with Gasteiger partial charge < -0.3 is 10.0 Å². The van der Waals surface area contributed by atoms with Gasteiger partial charge in [-0.3, -0.25) is 0 Å². The molecular formula is C16H15F6N3O2. The van der Waals surface area contributed by atoms with E-state index in [4.69, 9.17) is 0 Å². The van der Waals surface area contributed by atoms with Crippen molar-refractivity contribution in [2.24, 2.45) is 0 Å². The molecule has 0 atom stereocenters. The normalized spacial score (nSPS) is 18.1. The Labute approximate surface area is 149 Å². The number of hydrogen-bond acceptors (Lipinski definition) is 3. The van der Waals surface area contributed by atoms with Gasteiger partial charge in [0.25, 0.3) is 0 Å². The number of allylic oxidation sites excluding steroid dienone is 2. The number of carbonyl (C=O) groups is 1. The van der Waals surface area contributed by atoms with Crippen molar-refractivity contribution in [2.75, 3.05) is 18.0 Å². The average Bonchev–Trinajstić information content (AvgIpc) is 2.95. The minimum Gasteiger partial charge on any atom is -0.477 e. The summed E-state index contributed by atoms with van der Waals surface area (Å²) >= 11 is 0. The Hall–Kier alpha value is -2.46. The van der Waals surface area contributed by atoms with Crippen molar-refractivity contribution in [3.05, 3.63) is 34.6 Å². The van der Waals surface area contributed by atoms with E-state index in [0.29, 0.717) is 6.42 Å². The minimum atomic E-state index is -4.95. The number of alkyl halides is 6. The van der Waals surface area contributed by atoms with Crippen LogP contribution in [0.2, 0.25) is 0 Å². The highest BCUT2D eigenvalue weighted by atomic mass is 19.4. The van der Waals surface area contributed by atoms with Gasteiger partial charge >= 0.3 is 18.3 Å². The second-order valence-corrected chi connectivity index (χ2v) is 6.33. The lowest BCUT2D eigenvalue weighted by Crippen LogP contribution is -2.35. The van der Waals surface area contributed by atoms with Crippen molar-refractivity contribution >= 4 is 11.8 Å². The van der Waals surface area contributed by atoms with Gasteiger partial charge in [0.2, 0.25) is 0 Å². The Morgan fingerprint density at radius 3 is 2.44 bits per heavy atom. The number of aromatic nitrogens is 2. The number of rotatable bonds is 3. The second-order valence-electron chi connectivity index (χ2n) is 6.33. The Morgan fingerprint density at radius 1 is 1.15 bits per heavy atom. The van der Waals surface area contributed by atoms with Gasteiger partial charge in [-0.2, -0.15) is 31.4 Å². The molecule has 1 N–H and O–H groups in total. The lowest BCUT2D eigenvalue weighted by Gasteiger charge is -2.31. The standard InChI is InChI=1S/C16H15F6N3O2/c17-15(18,19)10-4-1-3-9(7-10)8-24-5-2-6-25-13(24)11(14(26)27)12(23-25)16(20,21)22/h3,7H,1-2,4-6,8H2,(H,26,27). The molecule has 0 saturated heterocycles. The number of halogens is 6. The fourth-order valence-electron chi connectivity index (χ4n) is 3.32. The van der Waals surface area contributed by atoms with Crippen LogP contribution in [-0.2, 0) is 12.7 Å². The molecule has 0 bridgehead atoms. The first kappa shape index (κ1) is 19.3. The maximum Gasteiger partial charge on any atom is 0.436 e. The molecule has 1 aromatic heterocycles. The van der Waals surface area contributed by atoms with E-state index in [1.807, 2.05) is 0 Å². The van der Waals surface area contributed by atoms with Crippen LogP contribution in [0.1, 0.15) is 35.3 Å². The molecule has 0 radical (unpaired) electrons. The largest absolute Gasteiger partial charge is 0.477 e. The number of carboxylic acids is 1. The van der Waals surface area contributed by atoms with Gasteiger partial charge in [0, 0.05) is 25.2 Å². The summed E-state index contributed by atoms with van der Waals surface area (Å²) in [6.07, 6.45) is -6.47. The zero-order chi connectivity index (χ0) is 20.0. The van der Waals surface area contributed by atoms with Gasteiger partial charge in [0.05, 0.1) is 0 Å². The number of anilines is 1. The van der Waals surface area contributed by atoms with Crippen LogP contribution < -0.4 is 4.90 Å². The number of hydrogen-bond donors (Lipinski definition) is 1. The molecule has 3 rings (SSSR count). The van der Waals surface area contributed by atoms with Crippen molar-refractivity contribution in [3.63, 3.8) is 0 Å². The molecule has 2 heterocycles. The summed E-state index contributed by atoms with van der Waals surface area (Å²) in [6, 6.07) is 0. The van der Waals surface area contributed by atoms with Crippen LogP contribution in [0.3, 0.4) is 0 Å². The van der Waals surface area contributed by atoms with Gasteiger partial charge in [0.15, 0.2) is 5.69 Å². The average molecular weight is 395 g/mol. The number of aryl methyl sites for hydroxylation is 1. The molecule has 2 aliphatic rings. The molecule has 0 unspecified atom stereocenters. The zero-order valence-electron chi connectivity index (χ0n) is 13.9. The third-order valence-corrected chi connectivity index (χ3v) is 4.42. The zero-order valence-corrected chi connectivity index (χ0v) is 13.9. The van der Waals surface area contributed by atoms with E-state index in [1.54, 1.807) is 6.08 Å². The van der Waals surface area contributed by atoms with Gasteiger partial charge in [-0.05, 0) is 30.9 Å². The monoisotopic (exact) mass is 395 g/mol. The molecule has 0 amide bonds. The fraction of sp³-hybridized carbons (Fsp3) is 0.500. The number of carboxylic acid groups (broad SMARTS) is 1. The molecule has 5 nitrogen and oxygen atoms in total. The predicted molar refractivity (Wildman–Crippen MR) is 82.5 cm³/mol. The van der Waals surface area contributed by atoms with E-state index in [0.717, 1.165) is 10.8 Å². The van der Waals surface area contributed by atoms with Crippen LogP contribution >= 0.6 is 0 Å². The summed E-state index contributed by atoms with van der Waals surface area (Å²) in [6.45, 7) is 0.198. The van der Waals surface area contributed by atoms with Crippen molar-refractivity contribution in [2.45, 2.75) is 38.2 Å². The molecule has 1 aliphatic heterocycles. The van der Waals surface area contributed by atoms with Crippen molar-refractivity contribution in [1.29, 1.82) is 0 Å². The first-order valence-corrected chi connectivity index (χ1v) is 8.11. The predicted octanol–water partition coefficient (Wildman–Crippen LogP) is 4.02. The first-order valence-electron chi connectivity index (χ1n) is 8.11. The quantitative estimate of drug-likeness (QED) is 0.786. The summed E-state index contributed by atoms with van der Waals surface area (Å²) in [5.74, 6) is -2.01. The molecule has 0 fully saturated rings. The Bertz CT molecular complexity index is 819. The Kier molecular flexibility index (Phi) is 4.73. The lowest BCUT2D eigenvalue weighted by molar-refractivity contribution is -0.142. The highest BCUT2D eigenvalue weighted by molar-refractivity contribution is 5.95. The maximum absolute atomic E-state index is 13.2. The van der Waals surface area contributed by atoms with Crippen LogP contribution in [0.4, 0.5) is 32.2 Å². The number of fused-ring (bicyclic) bond motifs is 1. The van der Waals surface area contributed by atoms with E-state index < -0.39 is 35.2 Å². The molecule has 11 heteroatoms. The molecule has 1 aromatic rings. The summed E-state index contributed by atoms with van der Waals surface area (Å²) in [4.78, 5) is 12.8. The topological polar surface area (TPSA) is 58.4 Å². The Morgan fingerprint density at radius 2 is 1.85 bits per heavy atom. The van der Waals surface area contributed by atoms with E-state index in [2.05, 4.69) is 5.10 Å². The van der Waals surface area contributed by atoms with Gasteiger partial charge in [0.1, 0.15) is 11.4 Å². The minimum absolute atomic E-state index is 0.102. The molecule has 0 spiro atoms. The molecule has 0 aromatic carbocycles. The van der Waals surface area contributed by atoms with Gasteiger partial charge in [-0.25, -0.2) is 9.48 Å². The summed E-state index contributed by atoms with van der Waals surface area (Å²) in [5.41, 5.74) is -2.90. The van der Waals surface area contributed by atoms with E-state index in [1.165, 1.54) is 4.90 Å². The molecular weight excluding hydrogens is 380 g/mol. The van der Waals surface area contributed by atoms with E-state index >= 15 is 0 Å². The lowest BCUT2D eigenvalue weighted by atomic mass is 9.98. The molecule has 1 aliphatic carbocycles. The number of aromatic carboxylic acids is 1. The van der Waals surface area contributed by atoms with Gasteiger partial charge in [-0.1, -0.05) is 6.08 Å². The third kappa shape index (κ3) is 3.81. The van der Waals surface area contributed by atoms with Crippen molar-refractivity contribution in [1.82, 2.24) is 9.78 Å². The van der Waals surface area contributed by atoms with Gasteiger partial charge in [-0.15, -0.1) is 0 Å². The SMILES string of the molecule is O=C(O)c1c(C(F)(F)F)nn2c1N(CC1=CCCC(C(F)(F)F)=C1)CCC2. The van der Waals surface area contributed by atoms with Crippen LogP contribution in [0.5, 0.6) is 0 Å². The van der Waals surface area contributed by atoms with Crippen LogP contribution in [0.15, 0.2) is 23.3 Å². The van der Waals surface area contributed by atoms with Crippen LogP contribution in [0.25, 0.3) is 0 Å². The van der Waals surface area contributed by atoms with Crippen LogP contribution in [-0.4, -0.2) is 40.1 Å². The maximum atomic E-state index is 13.2. The smallest absolute Gasteiger partial charge is 0.436 e. The van der Waals surface area contributed by atoms with E-state index in [-0.39, 0.29) is 43.9 Å². The highest BCUT2D eigenvalue weighted by Gasteiger charge is 2.43. The van der Waals surface area contributed by atoms with Crippen molar-refractivity contribution < 1.29 is 36.2 Å². The summed E-state index contributed by atoms with van der Waals surface area (Å²) in [7, 11) is 0. The molecule has 0 saturated carbocycles. The van der Waals surface area contributed by atoms with Crippen LogP contribution in [0, 0.1) is 0 Å². The number of nitrogens with zero attached hydrogens (tertiary/aromatic N) is 3. The molecule has 148 valence electrons. The molecule has 27 heavy (non-hydrogen) atoms. The summed E-state index contributed by atoms with van der Waals surface area (Å²) < 4.78 is 79.2.